The second-order valence-corrected chi connectivity index (χ2v) is 2.34. The maximum Gasteiger partial charge on any atom is 0.262 e. The maximum atomic E-state index is 10.7. The van der Waals surface area contributed by atoms with Crippen LogP contribution in [0, 0.1) is 0 Å². The number of nitrogens with two attached hydrogens (primary N) is 1. The molecule has 0 aromatic carbocycles. The summed E-state index contributed by atoms with van der Waals surface area (Å²) < 4.78 is 5.11. The first-order valence-corrected chi connectivity index (χ1v) is 3.23. The second-order valence-electron chi connectivity index (χ2n) is 2.34. The fourth-order valence-electron chi connectivity index (χ4n) is 0.587. The first-order chi connectivity index (χ1) is 4.57. The third-order valence-corrected chi connectivity index (χ3v) is 0.988. The molecule has 0 aromatic heterocycles. The van der Waals surface area contributed by atoms with Crippen LogP contribution in [0.5, 0.6) is 0 Å². The number of carbonyl (C=O) groups excluding carboxylic acids is 1. The standard InChI is InChI=1S/C6H14N2O2/c1-4(2)10-5(3)6(9)8-7/h4-5H,7H2,1-3H3,(H,8,9). The topological polar surface area (TPSA) is 64.3 Å². The molecule has 0 heterocycles. The van der Waals surface area contributed by atoms with Crippen molar-refractivity contribution in [1.82, 2.24) is 5.43 Å². The van der Waals surface area contributed by atoms with E-state index in [1.54, 1.807) is 6.92 Å². The molecule has 0 saturated carbocycles. The Hall–Kier alpha value is -0.610. The van der Waals surface area contributed by atoms with Gasteiger partial charge in [0.05, 0.1) is 6.10 Å². The Morgan fingerprint density at radius 2 is 2.00 bits per heavy atom. The molecule has 1 atom stereocenters. The Morgan fingerprint density at radius 1 is 1.50 bits per heavy atom. The Labute approximate surface area is 60.7 Å². The van der Waals surface area contributed by atoms with E-state index < -0.39 is 6.10 Å². The summed E-state index contributed by atoms with van der Waals surface area (Å²) in [5.74, 6) is 4.57. The molecule has 60 valence electrons. The summed E-state index contributed by atoms with van der Waals surface area (Å²) in [6.45, 7) is 5.38. The number of ether oxygens (including phenoxy) is 1. The van der Waals surface area contributed by atoms with Crippen LogP contribution in [0.15, 0.2) is 0 Å². The van der Waals surface area contributed by atoms with Gasteiger partial charge < -0.3 is 4.74 Å². The van der Waals surface area contributed by atoms with Gasteiger partial charge >= 0.3 is 0 Å². The quantitative estimate of drug-likeness (QED) is 0.329. The smallest absolute Gasteiger partial charge is 0.262 e. The van der Waals surface area contributed by atoms with Gasteiger partial charge in [0, 0.05) is 0 Å². The van der Waals surface area contributed by atoms with Gasteiger partial charge in [0.15, 0.2) is 0 Å². The van der Waals surface area contributed by atoms with E-state index in [-0.39, 0.29) is 12.0 Å². The Kier molecular flexibility index (Phi) is 3.99. The number of rotatable bonds is 3. The van der Waals surface area contributed by atoms with Crippen LogP contribution in [0.2, 0.25) is 0 Å². The number of hydrogen-bond donors (Lipinski definition) is 2. The van der Waals surface area contributed by atoms with Gasteiger partial charge in [-0.15, -0.1) is 0 Å². The van der Waals surface area contributed by atoms with Gasteiger partial charge in [-0.05, 0) is 20.8 Å². The molecule has 4 heteroatoms. The van der Waals surface area contributed by atoms with Crippen LogP contribution >= 0.6 is 0 Å². The number of nitrogens with one attached hydrogen (secondary N) is 1. The molecule has 0 bridgehead atoms. The van der Waals surface area contributed by atoms with Gasteiger partial charge in [0.25, 0.3) is 5.91 Å². The molecule has 0 radical (unpaired) electrons. The SMILES string of the molecule is CC(C)OC(C)C(=O)NN. The zero-order valence-electron chi connectivity index (χ0n) is 6.55. The lowest BCUT2D eigenvalue weighted by Crippen LogP contribution is -2.39. The molecule has 1 unspecified atom stereocenters. The second kappa shape index (κ2) is 4.24. The van der Waals surface area contributed by atoms with E-state index in [0.29, 0.717) is 0 Å². The molecule has 0 saturated heterocycles. The van der Waals surface area contributed by atoms with E-state index in [0.717, 1.165) is 0 Å². The van der Waals surface area contributed by atoms with Crippen molar-refractivity contribution in [2.45, 2.75) is 33.0 Å². The molecule has 0 rings (SSSR count). The first-order valence-electron chi connectivity index (χ1n) is 3.23. The van der Waals surface area contributed by atoms with Crippen LogP contribution in [0.3, 0.4) is 0 Å². The molecule has 0 aliphatic heterocycles. The first kappa shape index (κ1) is 9.39. The fourth-order valence-corrected chi connectivity index (χ4v) is 0.587. The zero-order chi connectivity index (χ0) is 8.15. The third kappa shape index (κ3) is 3.42. The predicted molar refractivity (Wildman–Crippen MR) is 38.0 cm³/mol. The molecular formula is C6H14N2O2. The van der Waals surface area contributed by atoms with Gasteiger partial charge in [-0.3, -0.25) is 10.2 Å². The van der Waals surface area contributed by atoms with Gasteiger partial charge in [-0.1, -0.05) is 0 Å². The average molecular weight is 146 g/mol. The fraction of sp³-hybridized carbons (Fsp3) is 0.833. The monoisotopic (exact) mass is 146 g/mol. The lowest BCUT2D eigenvalue weighted by molar-refractivity contribution is -0.134. The van der Waals surface area contributed by atoms with Crippen LogP contribution in [0.4, 0.5) is 0 Å². The van der Waals surface area contributed by atoms with E-state index in [1.807, 2.05) is 19.3 Å². The summed E-state index contributed by atoms with van der Waals surface area (Å²) in [6, 6.07) is 0. The molecule has 3 N–H and O–H groups in total. The molecule has 0 aliphatic rings. The minimum atomic E-state index is -0.468. The number of carbonyl (C=O) groups is 1. The minimum absolute atomic E-state index is 0.0484. The lowest BCUT2D eigenvalue weighted by atomic mass is 10.3. The van der Waals surface area contributed by atoms with Crippen molar-refractivity contribution in [2.24, 2.45) is 5.84 Å². The number of hydrazine groups is 1. The highest BCUT2D eigenvalue weighted by Gasteiger charge is 2.12. The highest BCUT2D eigenvalue weighted by Crippen LogP contribution is 1.95. The van der Waals surface area contributed by atoms with Gasteiger partial charge in [0.2, 0.25) is 0 Å². The Bertz CT molecular complexity index is 114. The van der Waals surface area contributed by atoms with Crippen LogP contribution in [0.1, 0.15) is 20.8 Å². The van der Waals surface area contributed by atoms with Crippen molar-refractivity contribution in [3.8, 4) is 0 Å². The summed E-state index contributed by atoms with van der Waals surface area (Å²) in [4.78, 5) is 10.7. The summed E-state index contributed by atoms with van der Waals surface area (Å²) in [7, 11) is 0. The molecule has 1 amide bonds. The van der Waals surface area contributed by atoms with Crippen molar-refractivity contribution in [3.63, 3.8) is 0 Å². The van der Waals surface area contributed by atoms with Crippen molar-refractivity contribution in [2.75, 3.05) is 0 Å². The predicted octanol–water partition coefficient (Wildman–Crippen LogP) is -0.210. The van der Waals surface area contributed by atoms with Gasteiger partial charge in [-0.2, -0.15) is 0 Å². The maximum absolute atomic E-state index is 10.7. The van der Waals surface area contributed by atoms with E-state index in [4.69, 9.17) is 10.6 Å². The Morgan fingerprint density at radius 3 is 2.30 bits per heavy atom. The van der Waals surface area contributed by atoms with Gasteiger partial charge in [-0.25, -0.2) is 5.84 Å². The highest BCUT2D eigenvalue weighted by molar-refractivity contribution is 5.79. The Balaban J connectivity index is 3.61. The summed E-state index contributed by atoms with van der Waals surface area (Å²) >= 11 is 0. The van der Waals surface area contributed by atoms with E-state index in [1.165, 1.54) is 0 Å². The van der Waals surface area contributed by atoms with Crippen molar-refractivity contribution in [3.05, 3.63) is 0 Å². The summed E-state index contributed by atoms with van der Waals surface area (Å²) in [5.41, 5.74) is 2.01. The zero-order valence-corrected chi connectivity index (χ0v) is 6.55. The molecule has 10 heavy (non-hydrogen) atoms. The summed E-state index contributed by atoms with van der Waals surface area (Å²) in [6.07, 6.45) is -0.419. The molecule has 0 aromatic rings. The summed E-state index contributed by atoms with van der Waals surface area (Å²) in [5, 5.41) is 0. The third-order valence-electron chi connectivity index (χ3n) is 0.988. The van der Waals surface area contributed by atoms with Crippen LogP contribution in [-0.4, -0.2) is 18.1 Å². The van der Waals surface area contributed by atoms with E-state index >= 15 is 0 Å². The molecule has 0 aliphatic carbocycles. The average Bonchev–Trinajstić information content (AvgIpc) is 1.85. The normalized spacial score (nSPS) is 13.3. The lowest BCUT2D eigenvalue weighted by Gasteiger charge is -2.13. The molecule has 4 nitrogen and oxygen atoms in total. The van der Waals surface area contributed by atoms with E-state index in [2.05, 4.69) is 0 Å². The molecular weight excluding hydrogens is 132 g/mol. The van der Waals surface area contributed by atoms with Crippen LogP contribution in [-0.2, 0) is 9.53 Å². The molecule has 0 spiro atoms. The number of hydrogen-bond acceptors (Lipinski definition) is 3. The van der Waals surface area contributed by atoms with Gasteiger partial charge in [0.1, 0.15) is 6.10 Å². The van der Waals surface area contributed by atoms with E-state index in [9.17, 15) is 4.79 Å². The van der Waals surface area contributed by atoms with Crippen molar-refractivity contribution < 1.29 is 9.53 Å². The van der Waals surface area contributed by atoms with Crippen molar-refractivity contribution in [1.29, 1.82) is 0 Å². The van der Waals surface area contributed by atoms with Crippen LogP contribution < -0.4 is 11.3 Å². The number of amides is 1. The van der Waals surface area contributed by atoms with Crippen molar-refractivity contribution >= 4 is 5.91 Å². The van der Waals surface area contributed by atoms with Crippen LogP contribution in [0.25, 0.3) is 0 Å². The molecule has 0 fully saturated rings. The highest BCUT2D eigenvalue weighted by atomic mass is 16.5. The largest absolute Gasteiger partial charge is 0.366 e. The minimum Gasteiger partial charge on any atom is -0.366 e.